The molecule has 1 aromatic heterocycles. The minimum atomic E-state index is -1.09. The van der Waals surface area contributed by atoms with E-state index in [0.29, 0.717) is 17.4 Å². The van der Waals surface area contributed by atoms with Gasteiger partial charge in [0.15, 0.2) is 11.6 Å². The molecule has 0 radical (unpaired) electrons. The van der Waals surface area contributed by atoms with E-state index in [1.54, 1.807) is 12.3 Å². The number of ether oxygens (including phenoxy) is 1. The van der Waals surface area contributed by atoms with E-state index in [0.717, 1.165) is 16.3 Å². The van der Waals surface area contributed by atoms with Crippen LogP contribution in [0.1, 0.15) is 15.9 Å². The molecular weight excluding hydrogens is 333 g/mol. The SMILES string of the molecule is COc1cc2c(cc1F)c(C(=O)O)cn2Cc1cccc2ccccc12. The van der Waals surface area contributed by atoms with Crippen LogP contribution in [0.3, 0.4) is 0 Å². The third-order valence-electron chi connectivity index (χ3n) is 4.61. The molecule has 4 aromatic rings. The summed E-state index contributed by atoms with van der Waals surface area (Å²) in [5, 5.41) is 12.1. The van der Waals surface area contributed by atoms with E-state index in [2.05, 4.69) is 0 Å². The van der Waals surface area contributed by atoms with Gasteiger partial charge in [-0.2, -0.15) is 0 Å². The van der Waals surface area contributed by atoms with Gasteiger partial charge >= 0.3 is 5.97 Å². The molecular formula is C21H16FNO3. The van der Waals surface area contributed by atoms with Gasteiger partial charge in [0.2, 0.25) is 0 Å². The molecule has 130 valence electrons. The summed E-state index contributed by atoms with van der Waals surface area (Å²) >= 11 is 0. The lowest BCUT2D eigenvalue weighted by atomic mass is 10.0. The number of nitrogens with zero attached hydrogens (tertiary/aromatic N) is 1. The van der Waals surface area contributed by atoms with Gasteiger partial charge in [-0.1, -0.05) is 42.5 Å². The number of fused-ring (bicyclic) bond motifs is 2. The minimum absolute atomic E-state index is 0.0711. The van der Waals surface area contributed by atoms with E-state index in [-0.39, 0.29) is 11.3 Å². The maximum atomic E-state index is 14.1. The molecule has 1 heterocycles. The lowest BCUT2D eigenvalue weighted by molar-refractivity contribution is 0.0699. The highest BCUT2D eigenvalue weighted by Crippen LogP contribution is 2.30. The standard InChI is InChI=1S/C21H16FNO3/c1-26-20-10-19-16(9-18(20)22)17(21(24)25)12-23(19)11-14-7-4-6-13-5-2-3-8-15(13)14/h2-10,12H,11H2,1H3,(H,24,25). The molecule has 0 spiro atoms. The van der Waals surface area contributed by atoms with Gasteiger partial charge < -0.3 is 14.4 Å². The monoisotopic (exact) mass is 349 g/mol. The van der Waals surface area contributed by atoms with E-state index in [1.807, 2.05) is 47.0 Å². The predicted molar refractivity (Wildman–Crippen MR) is 98.5 cm³/mol. The van der Waals surface area contributed by atoms with Gasteiger partial charge in [-0.05, 0) is 22.4 Å². The topological polar surface area (TPSA) is 51.5 Å². The molecule has 4 rings (SSSR count). The minimum Gasteiger partial charge on any atom is -0.494 e. The molecule has 0 fully saturated rings. The largest absolute Gasteiger partial charge is 0.494 e. The normalized spacial score (nSPS) is 11.2. The summed E-state index contributed by atoms with van der Waals surface area (Å²) in [6.45, 7) is 0.472. The quantitative estimate of drug-likeness (QED) is 0.581. The molecule has 0 aliphatic heterocycles. The van der Waals surface area contributed by atoms with Gasteiger partial charge in [0.1, 0.15) is 0 Å². The van der Waals surface area contributed by atoms with Crippen LogP contribution in [0.5, 0.6) is 5.75 Å². The van der Waals surface area contributed by atoms with Gasteiger partial charge in [0, 0.05) is 24.2 Å². The zero-order chi connectivity index (χ0) is 18.3. The van der Waals surface area contributed by atoms with Crippen LogP contribution < -0.4 is 4.74 Å². The Balaban J connectivity index is 1.92. The Morgan fingerprint density at radius 1 is 1.12 bits per heavy atom. The summed E-state index contributed by atoms with van der Waals surface area (Å²) in [6.07, 6.45) is 1.55. The van der Waals surface area contributed by atoms with E-state index >= 15 is 0 Å². The summed E-state index contributed by atoms with van der Waals surface area (Å²) < 4.78 is 21.0. The third-order valence-corrected chi connectivity index (χ3v) is 4.61. The zero-order valence-corrected chi connectivity index (χ0v) is 14.1. The van der Waals surface area contributed by atoms with Gasteiger partial charge in [-0.25, -0.2) is 9.18 Å². The first-order valence-corrected chi connectivity index (χ1v) is 8.15. The van der Waals surface area contributed by atoms with Crippen LogP contribution in [-0.4, -0.2) is 22.8 Å². The molecule has 0 atom stereocenters. The highest BCUT2D eigenvalue weighted by Gasteiger charge is 2.18. The molecule has 5 heteroatoms. The first-order valence-electron chi connectivity index (χ1n) is 8.15. The molecule has 0 aliphatic carbocycles. The number of carbonyl (C=O) groups is 1. The number of aromatic carboxylic acids is 1. The van der Waals surface area contributed by atoms with Crippen molar-refractivity contribution in [3.8, 4) is 5.75 Å². The second kappa shape index (κ2) is 6.19. The lowest BCUT2D eigenvalue weighted by Crippen LogP contribution is -2.00. The van der Waals surface area contributed by atoms with Gasteiger partial charge in [0.25, 0.3) is 0 Å². The number of halogens is 1. The molecule has 26 heavy (non-hydrogen) atoms. The van der Waals surface area contributed by atoms with Crippen LogP contribution in [0.4, 0.5) is 4.39 Å². The van der Waals surface area contributed by atoms with Crippen molar-refractivity contribution in [2.75, 3.05) is 7.11 Å². The van der Waals surface area contributed by atoms with Crippen molar-refractivity contribution in [3.63, 3.8) is 0 Å². The molecule has 0 unspecified atom stereocenters. The summed E-state index contributed by atoms with van der Waals surface area (Å²) in [6, 6.07) is 16.8. The predicted octanol–water partition coefficient (Wildman–Crippen LogP) is 4.69. The van der Waals surface area contributed by atoms with Gasteiger partial charge in [0.05, 0.1) is 18.2 Å². The van der Waals surface area contributed by atoms with E-state index in [9.17, 15) is 14.3 Å². The van der Waals surface area contributed by atoms with Crippen LogP contribution in [-0.2, 0) is 6.54 Å². The number of carboxylic acid groups (broad SMARTS) is 1. The highest BCUT2D eigenvalue weighted by atomic mass is 19.1. The summed E-state index contributed by atoms with van der Waals surface area (Å²) in [4.78, 5) is 11.6. The molecule has 0 aliphatic rings. The number of hydrogen-bond donors (Lipinski definition) is 1. The molecule has 0 saturated carbocycles. The van der Waals surface area contributed by atoms with Gasteiger partial charge in [-0.3, -0.25) is 0 Å². The maximum Gasteiger partial charge on any atom is 0.337 e. The van der Waals surface area contributed by atoms with Gasteiger partial charge in [-0.15, -0.1) is 0 Å². The number of hydrogen-bond acceptors (Lipinski definition) is 2. The van der Waals surface area contributed by atoms with Crippen molar-refractivity contribution in [2.24, 2.45) is 0 Å². The molecule has 1 N–H and O–H groups in total. The van der Waals surface area contributed by atoms with E-state index in [1.165, 1.54) is 13.2 Å². The van der Waals surface area contributed by atoms with Crippen LogP contribution in [0.25, 0.3) is 21.7 Å². The Morgan fingerprint density at radius 2 is 1.88 bits per heavy atom. The zero-order valence-electron chi connectivity index (χ0n) is 14.1. The fourth-order valence-electron chi connectivity index (χ4n) is 3.36. The highest BCUT2D eigenvalue weighted by molar-refractivity contribution is 6.04. The number of carboxylic acids is 1. The molecule has 0 amide bonds. The number of methoxy groups -OCH3 is 1. The van der Waals surface area contributed by atoms with Crippen LogP contribution in [0, 0.1) is 5.82 Å². The first-order chi connectivity index (χ1) is 12.6. The summed E-state index contributed by atoms with van der Waals surface area (Å²) in [5.74, 6) is -1.58. The fraction of sp³-hybridized carbons (Fsp3) is 0.0952. The average molecular weight is 349 g/mol. The third kappa shape index (κ3) is 2.58. The second-order valence-corrected chi connectivity index (χ2v) is 6.12. The van der Waals surface area contributed by atoms with E-state index in [4.69, 9.17) is 4.74 Å². The fourth-order valence-corrected chi connectivity index (χ4v) is 3.36. The van der Waals surface area contributed by atoms with Crippen molar-refractivity contribution < 1.29 is 19.0 Å². The average Bonchev–Trinajstić information content (AvgIpc) is 2.99. The Hall–Kier alpha value is -3.34. The molecule has 0 saturated heterocycles. The van der Waals surface area contributed by atoms with Crippen molar-refractivity contribution >= 4 is 27.6 Å². The lowest BCUT2D eigenvalue weighted by Gasteiger charge is -2.10. The number of benzene rings is 3. The molecule has 4 nitrogen and oxygen atoms in total. The van der Waals surface area contributed by atoms with Crippen LogP contribution in [0.2, 0.25) is 0 Å². The van der Waals surface area contributed by atoms with Crippen molar-refractivity contribution in [1.29, 1.82) is 0 Å². The summed E-state index contributed by atoms with van der Waals surface area (Å²) in [5.41, 5.74) is 1.75. The Morgan fingerprint density at radius 3 is 2.65 bits per heavy atom. The molecule has 0 bridgehead atoms. The Bertz CT molecular complexity index is 1140. The number of rotatable bonds is 4. The van der Waals surface area contributed by atoms with Crippen LogP contribution in [0.15, 0.2) is 60.8 Å². The van der Waals surface area contributed by atoms with Crippen molar-refractivity contribution in [2.45, 2.75) is 6.54 Å². The molecule has 3 aromatic carbocycles. The summed E-state index contributed by atoms with van der Waals surface area (Å²) in [7, 11) is 1.39. The van der Waals surface area contributed by atoms with E-state index < -0.39 is 11.8 Å². The van der Waals surface area contributed by atoms with Crippen molar-refractivity contribution in [3.05, 3.63) is 77.7 Å². The maximum absolute atomic E-state index is 14.1. The van der Waals surface area contributed by atoms with Crippen molar-refractivity contribution in [1.82, 2.24) is 4.57 Å². The Labute approximate surface area is 149 Å². The number of aromatic nitrogens is 1. The van der Waals surface area contributed by atoms with Crippen LogP contribution >= 0.6 is 0 Å². The second-order valence-electron chi connectivity index (χ2n) is 6.12. The smallest absolute Gasteiger partial charge is 0.337 e. The first kappa shape index (κ1) is 16.1. The Kier molecular flexibility index (Phi) is 3.84.